The summed E-state index contributed by atoms with van der Waals surface area (Å²) < 4.78 is 0. The summed E-state index contributed by atoms with van der Waals surface area (Å²) in [4.78, 5) is 4.91. The molecule has 1 heterocycles. The minimum Gasteiger partial charge on any atom is -0.368 e. The fourth-order valence-electron chi connectivity index (χ4n) is 2.90. The average Bonchev–Trinajstić information content (AvgIpc) is 2.42. The maximum atomic E-state index is 6.19. The van der Waals surface area contributed by atoms with Gasteiger partial charge in [0, 0.05) is 41.9 Å². The molecular formula is C17H28ClN3. The summed E-state index contributed by atoms with van der Waals surface area (Å²) in [6.45, 7) is 9.89. The lowest BCUT2D eigenvalue weighted by Crippen LogP contribution is -2.57. The SMILES string of the molecule is CCC(N)Cc1cc(Cl)ccc1N1CCN(C)C(C)(C)C1. The van der Waals surface area contributed by atoms with Crippen molar-refractivity contribution in [3.63, 3.8) is 0 Å². The first-order valence-electron chi connectivity index (χ1n) is 7.83. The highest BCUT2D eigenvalue weighted by Crippen LogP contribution is 2.30. The average molecular weight is 310 g/mol. The van der Waals surface area contributed by atoms with Gasteiger partial charge in [-0.15, -0.1) is 0 Å². The van der Waals surface area contributed by atoms with Gasteiger partial charge in [0.1, 0.15) is 0 Å². The first-order chi connectivity index (χ1) is 9.83. The summed E-state index contributed by atoms with van der Waals surface area (Å²) in [6, 6.07) is 6.42. The second-order valence-corrected chi connectivity index (χ2v) is 7.24. The predicted molar refractivity (Wildman–Crippen MR) is 92.3 cm³/mol. The van der Waals surface area contributed by atoms with Crippen LogP contribution in [0.2, 0.25) is 5.02 Å². The number of benzene rings is 1. The molecule has 1 aromatic carbocycles. The van der Waals surface area contributed by atoms with Crippen molar-refractivity contribution in [2.75, 3.05) is 31.6 Å². The molecule has 0 saturated carbocycles. The Bertz CT molecular complexity index is 487. The van der Waals surface area contributed by atoms with Crippen molar-refractivity contribution in [1.82, 2.24) is 4.90 Å². The summed E-state index contributed by atoms with van der Waals surface area (Å²) in [6.07, 6.45) is 1.87. The van der Waals surface area contributed by atoms with Gasteiger partial charge in [-0.3, -0.25) is 4.90 Å². The Balaban J connectivity index is 2.26. The zero-order chi connectivity index (χ0) is 15.6. The molecule has 1 aliphatic heterocycles. The molecule has 1 unspecified atom stereocenters. The normalized spacial score (nSPS) is 20.6. The molecule has 0 bridgehead atoms. The van der Waals surface area contributed by atoms with Crippen LogP contribution < -0.4 is 10.6 Å². The van der Waals surface area contributed by atoms with Crippen LogP contribution >= 0.6 is 11.6 Å². The number of likely N-dealkylation sites (N-methyl/N-ethyl adjacent to an activating group) is 1. The van der Waals surface area contributed by atoms with Gasteiger partial charge in [0.2, 0.25) is 0 Å². The van der Waals surface area contributed by atoms with Gasteiger partial charge in [0.05, 0.1) is 0 Å². The van der Waals surface area contributed by atoms with Gasteiger partial charge in [0.25, 0.3) is 0 Å². The quantitative estimate of drug-likeness (QED) is 0.927. The van der Waals surface area contributed by atoms with Gasteiger partial charge in [-0.05, 0) is 57.5 Å². The van der Waals surface area contributed by atoms with E-state index >= 15 is 0 Å². The number of hydrogen-bond donors (Lipinski definition) is 1. The topological polar surface area (TPSA) is 32.5 Å². The Morgan fingerprint density at radius 3 is 2.67 bits per heavy atom. The van der Waals surface area contributed by atoms with Gasteiger partial charge < -0.3 is 10.6 Å². The highest BCUT2D eigenvalue weighted by atomic mass is 35.5. The number of anilines is 1. The molecular weight excluding hydrogens is 282 g/mol. The van der Waals surface area contributed by atoms with Crippen molar-refractivity contribution < 1.29 is 0 Å². The lowest BCUT2D eigenvalue weighted by Gasteiger charge is -2.46. The molecule has 0 spiro atoms. The Hall–Kier alpha value is -0.770. The molecule has 1 atom stereocenters. The van der Waals surface area contributed by atoms with E-state index in [1.807, 2.05) is 6.07 Å². The fraction of sp³-hybridized carbons (Fsp3) is 0.647. The molecule has 2 N–H and O–H groups in total. The van der Waals surface area contributed by atoms with E-state index in [-0.39, 0.29) is 11.6 Å². The van der Waals surface area contributed by atoms with Crippen molar-refractivity contribution in [2.24, 2.45) is 5.73 Å². The van der Waals surface area contributed by atoms with E-state index in [4.69, 9.17) is 17.3 Å². The van der Waals surface area contributed by atoms with Crippen LogP contribution in [0.5, 0.6) is 0 Å². The van der Waals surface area contributed by atoms with Crippen molar-refractivity contribution in [3.8, 4) is 0 Å². The Morgan fingerprint density at radius 2 is 2.05 bits per heavy atom. The van der Waals surface area contributed by atoms with Gasteiger partial charge in [-0.25, -0.2) is 0 Å². The maximum Gasteiger partial charge on any atom is 0.0410 e. The van der Waals surface area contributed by atoms with Crippen LogP contribution in [0.3, 0.4) is 0 Å². The third-order valence-corrected chi connectivity index (χ3v) is 4.94. The molecule has 0 amide bonds. The van der Waals surface area contributed by atoms with Gasteiger partial charge >= 0.3 is 0 Å². The molecule has 1 aromatic rings. The first-order valence-corrected chi connectivity index (χ1v) is 8.21. The zero-order valence-corrected chi connectivity index (χ0v) is 14.5. The molecule has 21 heavy (non-hydrogen) atoms. The molecule has 3 nitrogen and oxygen atoms in total. The minimum atomic E-state index is 0.183. The van der Waals surface area contributed by atoms with Gasteiger partial charge in [-0.2, -0.15) is 0 Å². The van der Waals surface area contributed by atoms with Crippen LogP contribution in [0.1, 0.15) is 32.8 Å². The van der Waals surface area contributed by atoms with E-state index in [2.05, 4.69) is 49.8 Å². The Morgan fingerprint density at radius 1 is 1.33 bits per heavy atom. The molecule has 0 radical (unpaired) electrons. The van der Waals surface area contributed by atoms with E-state index in [0.29, 0.717) is 0 Å². The molecule has 0 aliphatic carbocycles. The molecule has 118 valence electrons. The lowest BCUT2D eigenvalue weighted by molar-refractivity contribution is 0.139. The van der Waals surface area contributed by atoms with Crippen LogP contribution in [0.15, 0.2) is 18.2 Å². The van der Waals surface area contributed by atoms with Crippen LogP contribution in [0.25, 0.3) is 0 Å². The van der Waals surface area contributed by atoms with Crippen LogP contribution in [-0.2, 0) is 6.42 Å². The molecule has 1 aliphatic rings. The smallest absolute Gasteiger partial charge is 0.0410 e. The molecule has 1 fully saturated rings. The Kier molecular flexibility index (Phi) is 5.18. The van der Waals surface area contributed by atoms with Gasteiger partial charge in [0.15, 0.2) is 0 Å². The van der Waals surface area contributed by atoms with Crippen LogP contribution in [0.4, 0.5) is 5.69 Å². The zero-order valence-electron chi connectivity index (χ0n) is 13.7. The first kappa shape index (κ1) is 16.6. The second kappa shape index (κ2) is 6.55. The predicted octanol–water partition coefficient (Wildman–Crippen LogP) is 3.15. The third kappa shape index (κ3) is 3.91. The highest BCUT2D eigenvalue weighted by Gasteiger charge is 2.31. The monoisotopic (exact) mass is 309 g/mol. The molecule has 4 heteroatoms. The van der Waals surface area contributed by atoms with Crippen molar-refractivity contribution in [1.29, 1.82) is 0 Å². The number of hydrogen-bond acceptors (Lipinski definition) is 3. The maximum absolute atomic E-state index is 6.19. The third-order valence-electron chi connectivity index (χ3n) is 4.71. The van der Waals surface area contributed by atoms with E-state index in [9.17, 15) is 0 Å². The fourth-order valence-corrected chi connectivity index (χ4v) is 3.09. The number of nitrogens with two attached hydrogens (primary N) is 1. The van der Waals surface area contributed by atoms with Gasteiger partial charge in [-0.1, -0.05) is 18.5 Å². The second-order valence-electron chi connectivity index (χ2n) is 6.80. The summed E-state index contributed by atoms with van der Waals surface area (Å²) in [7, 11) is 2.20. The molecule has 1 saturated heterocycles. The summed E-state index contributed by atoms with van der Waals surface area (Å²) >= 11 is 6.19. The Labute approximate surface area is 134 Å². The number of halogens is 1. The summed E-state index contributed by atoms with van der Waals surface area (Å²) in [5.41, 5.74) is 8.91. The summed E-state index contributed by atoms with van der Waals surface area (Å²) in [5, 5.41) is 0.797. The van der Waals surface area contributed by atoms with Crippen molar-refractivity contribution in [3.05, 3.63) is 28.8 Å². The number of piperazine rings is 1. The highest BCUT2D eigenvalue weighted by molar-refractivity contribution is 6.30. The van der Waals surface area contributed by atoms with E-state index < -0.39 is 0 Å². The number of rotatable bonds is 4. The van der Waals surface area contributed by atoms with E-state index in [0.717, 1.165) is 37.5 Å². The molecule has 2 rings (SSSR count). The summed E-state index contributed by atoms with van der Waals surface area (Å²) in [5.74, 6) is 0. The molecule has 0 aromatic heterocycles. The lowest BCUT2D eigenvalue weighted by atomic mass is 9.97. The standard InChI is InChI=1S/C17H28ClN3/c1-5-15(19)11-13-10-14(18)6-7-16(13)21-9-8-20(4)17(2,3)12-21/h6-7,10,15H,5,8-9,11-12,19H2,1-4H3. The van der Waals surface area contributed by atoms with E-state index in [1.165, 1.54) is 11.3 Å². The number of nitrogens with zero attached hydrogens (tertiary/aromatic N) is 2. The van der Waals surface area contributed by atoms with Crippen molar-refractivity contribution >= 4 is 17.3 Å². The van der Waals surface area contributed by atoms with Crippen LogP contribution in [0, 0.1) is 0 Å². The largest absolute Gasteiger partial charge is 0.368 e. The van der Waals surface area contributed by atoms with Crippen LogP contribution in [-0.4, -0.2) is 43.2 Å². The minimum absolute atomic E-state index is 0.183. The van der Waals surface area contributed by atoms with E-state index in [1.54, 1.807) is 0 Å². The van der Waals surface area contributed by atoms with Crippen molar-refractivity contribution in [2.45, 2.75) is 45.2 Å².